The number of rotatable bonds is 1. The third-order valence-corrected chi connectivity index (χ3v) is 3.44. The molecule has 20 heavy (non-hydrogen) atoms. The van der Waals surface area contributed by atoms with Crippen LogP contribution in [0.3, 0.4) is 0 Å². The fourth-order valence-corrected chi connectivity index (χ4v) is 2.01. The molecule has 0 spiro atoms. The molecule has 1 N–H and O–H groups in total. The van der Waals surface area contributed by atoms with Crippen LogP contribution in [-0.2, 0) is 20.7 Å². The Morgan fingerprint density at radius 1 is 1.20 bits per heavy atom. The summed E-state index contributed by atoms with van der Waals surface area (Å²) in [5.74, 6) is 1.14. The number of hydrogen-bond acceptors (Lipinski definition) is 2. The van der Waals surface area contributed by atoms with Gasteiger partial charge in [0.25, 0.3) is 5.82 Å². The Balaban J connectivity index is 0.000000147. The Morgan fingerprint density at radius 2 is 1.90 bits per heavy atom. The molecule has 0 saturated heterocycles. The van der Waals surface area contributed by atoms with Crippen molar-refractivity contribution < 1.29 is 9.67 Å². The molecule has 0 radical (unpaired) electrons. The second-order valence-electron chi connectivity index (χ2n) is 4.69. The summed E-state index contributed by atoms with van der Waals surface area (Å²) in [4.78, 5) is 4.18. The van der Waals surface area contributed by atoms with Crippen molar-refractivity contribution in [2.24, 2.45) is 14.1 Å². The minimum atomic E-state index is 0.109. The minimum Gasteiger partial charge on any atom is -0.388 e. The molecule has 0 unspecified atom stereocenters. The van der Waals surface area contributed by atoms with Gasteiger partial charge in [0.2, 0.25) is 0 Å². The second-order valence-corrected chi connectivity index (χ2v) is 4.69. The van der Waals surface area contributed by atoms with Gasteiger partial charge in [-0.25, -0.2) is 9.13 Å². The maximum absolute atomic E-state index is 8.82. The van der Waals surface area contributed by atoms with Crippen LogP contribution in [-0.4, -0.2) is 14.7 Å². The van der Waals surface area contributed by atoms with Gasteiger partial charge < -0.3 is 5.11 Å². The van der Waals surface area contributed by atoms with Gasteiger partial charge in [-0.1, -0.05) is 24.3 Å². The van der Waals surface area contributed by atoms with Crippen molar-refractivity contribution in [2.45, 2.75) is 13.5 Å². The number of aliphatic hydroxyl groups excluding tert-OH is 1. The molecule has 0 saturated carbocycles. The summed E-state index contributed by atoms with van der Waals surface area (Å²) in [6.07, 6.45) is 3.73. The monoisotopic (exact) mass is 270 g/mol. The van der Waals surface area contributed by atoms with Gasteiger partial charge >= 0.3 is 0 Å². The summed E-state index contributed by atoms with van der Waals surface area (Å²) in [5, 5.41) is 10.0. The number of aliphatic hydroxyl groups is 1. The van der Waals surface area contributed by atoms with Crippen LogP contribution in [0.5, 0.6) is 0 Å². The van der Waals surface area contributed by atoms with Gasteiger partial charge in [-0.15, -0.1) is 0 Å². The first-order valence-electron chi connectivity index (χ1n) is 6.55. The first-order valence-corrected chi connectivity index (χ1v) is 6.55. The highest BCUT2D eigenvalue weighted by atomic mass is 16.3. The molecule has 2 aromatic heterocycles. The zero-order valence-corrected chi connectivity index (χ0v) is 12.1. The van der Waals surface area contributed by atoms with E-state index < -0.39 is 0 Å². The number of fused-ring (bicyclic) bond motifs is 1. The van der Waals surface area contributed by atoms with E-state index in [-0.39, 0.29) is 6.61 Å². The van der Waals surface area contributed by atoms with Gasteiger partial charge in [0, 0.05) is 18.5 Å². The molecule has 3 rings (SSSR count). The Kier molecular flexibility index (Phi) is 4.48. The lowest BCUT2D eigenvalue weighted by Gasteiger charge is -1.91. The van der Waals surface area contributed by atoms with Crippen molar-refractivity contribution in [1.29, 1.82) is 0 Å². The average molecular weight is 270 g/mol. The fourth-order valence-electron chi connectivity index (χ4n) is 2.01. The van der Waals surface area contributed by atoms with Gasteiger partial charge in [0.05, 0.1) is 19.6 Å². The summed E-state index contributed by atoms with van der Waals surface area (Å²) in [7, 11) is 3.91. The molecule has 3 aromatic rings. The molecule has 4 nitrogen and oxygen atoms in total. The molecule has 0 aliphatic carbocycles. The van der Waals surface area contributed by atoms with E-state index in [1.165, 1.54) is 5.39 Å². The largest absolute Gasteiger partial charge is 0.388 e. The van der Waals surface area contributed by atoms with E-state index in [2.05, 4.69) is 17.1 Å². The first kappa shape index (κ1) is 14.2. The Labute approximate surface area is 118 Å². The highest BCUT2D eigenvalue weighted by molar-refractivity contribution is 5.77. The molecule has 0 aliphatic heterocycles. The van der Waals surface area contributed by atoms with Crippen molar-refractivity contribution in [3.8, 4) is 0 Å². The van der Waals surface area contributed by atoms with Gasteiger partial charge in [-0.3, -0.25) is 4.98 Å². The summed E-state index contributed by atoms with van der Waals surface area (Å²) < 4.78 is 3.96. The lowest BCUT2D eigenvalue weighted by atomic mass is 10.2. The third kappa shape index (κ3) is 3.03. The minimum absolute atomic E-state index is 0.109. The normalized spacial score (nSPS) is 10.2. The predicted molar refractivity (Wildman–Crippen MR) is 79.0 cm³/mol. The van der Waals surface area contributed by atoms with Gasteiger partial charge in [0.1, 0.15) is 12.8 Å². The van der Waals surface area contributed by atoms with E-state index in [0.717, 1.165) is 17.0 Å². The van der Waals surface area contributed by atoms with Crippen LogP contribution in [0.25, 0.3) is 10.9 Å². The van der Waals surface area contributed by atoms with Crippen molar-refractivity contribution in [1.82, 2.24) is 9.55 Å². The molecule has 0 fully saturated rings. The summed E-state index contributed by atoms with van der Waals surface area (Å²) in [6.45, 7) is 2.12. The predicted octanol–water partition coefficient (Wildman–Crippen LogP) is 1.89. The van der Waals surface area contributed by atoms with Crippen LogP contribution in [0.4, 0.5) is 0 Å². The van der Waals surface area contributed by atoms with Gasteiger partial charge in [0.15, 0.2) is 5.69 Å². The zero-order chi connectivity index (χ0) is 14.5. The summed E-state index contributed by atoms with van der Waals surface area (Å²) >= 11 is 0. The quantitative estimate of drug-likeness (QED) is 0.686. The van der Waals surface area contributed by atoms with Gasteiger partial charge in [-0.2, -0.15) is 0 Å². The fraction of sp³-hybridized carbons (Fsp3) is 0.250. The van der Waals surface area contributed by atoms with Crippen LogP contribution in [0, 0.1) is 6.92 Å². The van der Waals surface area contributed by atoms with E-state index >= 15 is 0 Å². The number of imidazole rings is 1. The molecule has 0 aliphatic rings. The third-order valence-electron chi connectivity index (χ3n) is 3.44. The standard InChI is InChI=1S/C9H7N.C7H13N2O/c1-2-6-9-8(4-1)5-3-7-10-9;1-6-8(2)4-7(5-10)9(6)3/h1-7H;4,10H,5H2,1-3H3/q;+1. The lowest BCUT2D eigenvalue weighted by molar-refractivity contribution is -0.677. The van der Waals surface area contributed by atoms with Crippen LogP contribution >= 0.6 is 0 Å². The molecule has 4 heteroatoms. The average Bonchev–Trinajstić information content (AvgIpc) is 2.75. The Bertz CT molecular complexity index is 639. The SMILES string of the molecule is Cc1n(C)c(CO)c[n+]1C.c1ccc2ncccc2c1. The smallest absolute Gasteiger partial charge is 0.253 e. The highest BCUT2D eigenvalue weighted by Crippen LogP contribution is 2.07. The number of aryl methyl sites for hydroxylation is 1. The maximum Gasteiger partial charge on any atom is 0.253 e. The lowest BCUT2D eigenvalue weighted by Crippen LogP contribution is -2.29. The van der Waals surface area contributed by atoms with E-state index in [1.54, 1.807) is 0 Å². The van der Waals surface area contributed by atoms with Crippen LogP contribution in [0.1, 0.15) is 11.5 Å². The molecule has 2 heterocycles. The number of aromatic nitrogens is 3. The van der Waals surface area contributed by atoms with Crippen LogP contribution < -0.4 is 4.57 Å². The van der Waals surface area contributed by atoms with Crippen molar-refractivity contribution in [3.63, 3.8) is 0 Å². The molecule has 0 bridgehead atoms. The van der Waals surface area contributed by atoms with Crippen LogP contribution in [0.15, 0.2) is 48.8 Å². The number of nitrogens with zero attached hydrogens (tertiary/aromatic N) is 3. The van der Waals surface area contributed by atoms with E-state index in [1.807, 2.05) is 66.8 Å². The van der Waals surface area contributed by atoms with Crippen molar-refractivity contribution >= 4 is 10.9 Å². The molecule has 104 valence electrons. The van der Waals surface area contributed by atoms with Crippen molar-refractivity contribution in [2.75, 3.05) is 0 Å². The van der Waals surface area contributed by atoms with Crippen molar-refractivity contribution in [3.05, 3.63) is 60.3 Å². The molecule has 1 aromatic carbocycles. The molecular formula is C16H20N3O+. The molecular weight excluding hydrogens is 250 g/mol. The summed E-state index contributed by atoms with van der Waals surface area (Å²) in [6, 6.07) is 12.1. The topological polar surface area (TPSA) is 41.9 Å². The molecule has 0 atom stereocenters. The first-order chi connectivity index (χ1) is 9.63. The van der Waals surface area contributed by atoms with Crippen LogP contribution in [0.2, 0.25) is 0 Å². The molecule has 0 amide bonds. The van der Waals surface area contributed by atoms with E-state index in [4.69, 9.17) is 5.11 Å². The van der Waals surface area contributed by atoms with Gasteiger partial charge in [-0.05, 0) is 12.1 Å². The number of para-hydroxylation sites is 1. The highest BCUT2D eigenvalue weighted by Gasteiger charge is 2.11. The number of benzene rings is 1. The summed E-state index contributed by atoms with van der Waals surface area (Å²) in [5.41, 5.74) is 2.00. The maximum atomic E-state index is 8.82. The Morgan fingerprint density at radius 3 is 2.45 bits per heavy atom. The zero-order valence-electron chi connectivity index (χ0n) is 12.1. The second kappa shape index (κ2) is 6.30. The van der Waals surface area contributed by atoms with E-state index in [9.17, 15) is 0 Å². The number of pyridine rings is 1. The number of hydrogen-bond donors (Lipinski definition) is 1. The van der Waals surface area contributed by atoms with E-state index in [0.29, 0.717) is 0 Å². The Hall–Kier alpha value is -2.20.